The summed E-state index contributed by atoms with van der Waals surface area (Å²) in [5.74, 6) is -2.81. The van der Waals surface area contributed by atoms with Gasteiger partial charge in [0.2, 0.25) is 0 Å². The molecule has 0 heterocycles. The van der Waals surface area contributed by atoms with Crippen LogP contribution in [-0.4, -0.2) is 23.9 Å². The van der Waals surface area contributed by atoms with E-state index in [1.807, 2.05) is 13.8 Å². The summed E-state index contributed by atoms with van der Waals surface area (Å²) in [6.07, 6.45) is 4.50. The molecule has 0 spiro atoms. The zero-order valence-corrected chi connectivity index (χ0v) is 20.6. The summed E-state index contributed by atoms with van der Waals surface area (Å²) in [7, 11) is 0. The van der Waals surface area contributed by atoms with Crippen LogP contribution in [0, 0.1) is 0 Å². The van der Waals surface area contributed by atoms with E-state index >= 15 is 0 Å². The molecule has 0 aliphatic rings. The lowest BCUT2D eigenvalue weighted by Gasteiger charge is -2.16. The molecule has 0 atom stereocenters. The Morgan fingerprint density at radius 3 is 1.35 bits per heavy atom. The van der Waals surface area contributed by atoms with Crippen LogP contribution in [0.3, 0.4) is 0 Å². The lowest BCUT2D eigenvalue weighted by atomic mass is 9.93. The van der Waals surface area contributed by atoms with Crippen molar-refractivity contribution in [3.05, 3.63) is 98.1 Å². The number of carbonyl (C=O) groups excluding carboxylic acids is 4. The number of benzene rings is 2. The summed E-state index contributed by atoms with van der Waals surface area (Å²) in [5, 5.41) is 0. The highest BCUT2D eigenvalue weighted by Gasteiger charge is 2.17. The zero-order chi connectivity index (χ0) is 27.5. The van der Waals surface area contributed by atoms with Crippen LogP contribution in [0.4, 0.5) is 0 Å². The molecular formula is C29H26O8. The Bertz CT molecular complexity index is 1310. The van der Waals surface area contributed by atoms with Crippen LogP contribution in [0.1, 0.15) is 31.4 Å². The summed E-state index contributed by atoms with van der Waals surface area (Å²) in [4.78, 5) is 47.1. The summed E-state index contributed by atoms with van der Waals surface area (Å²) in [6.45, 7) is 17.3. The SMILES string of the molecule is C=CC(=O)Oc1ccc(C(C)=C(CC)c2ccc(OC(=O)C=C)c(OC(=O)C=C)c2)cc1OC(=O)C=C. The second-order valence-electron chi connectivity index (χ2n) is 7.28. The highest BCUT2D eigenvalue weighted by atomic mass is 16.6. The third kappa shape index (κ3) is 7.50. The van der Waals surface area contributed by atoms with Crippen molar-refractivity contribution in [1.29, 1.82) is 0 Å². The van der Waals surface area contributed by atoms with Crippen molar-refractivity contribution in [3.8, 4) is 23.0 Å². The van der Waals surface area contributed by atoms with E-state index in [0.29, 0.717) is 17.5 Å². The van der Waals surface area contributed by atoms with Crippen molar-refractivity contribution in [2.75, 3.05) is 0 Å². The maximum atomic E-state index is 11.9. The highest BCUT2D eigenvalue weighted by molar-refractivity contribution is 5.93. The van der Waals surface area contributed by atoms with Gasteiger partial charge >= 0.3 is 23.9 Å². The van der Waals surface area contributed by atoms with E-state index in [2.05, 4.69) is 26.3 Å². The van der Waals surface area contributed by atoms with Crippen LogP contribution in [0.25, 0.3) is 11.1 Å². The predicted octanol–water partition coefficient (Wildman–Crippen LogP) is 5.39. The van der Waals surface area contributed by atoms with Crippen LogP contribution in [-0.2, 0) is 19.2 Å². The van der Waals surface area contributed by atoms with Crippen molar-refractivity contribution < 1.29 is 38.1 Å². The van der Waals surface area contributed by atoms with Gasteiger partial charge in [-0.05, 0) is 59.9 Å². The monoisotopic (exact) mass is 502 g/mol. The second-order valence-corrected chi connectivity index (χ2v) is 7.28. The molecule has 0 amide bonds. The average Bonchev–Trinajstić information content (AvgIpc) is 2.90. The van der Waals surface area contributed by atoms with Gasteiger partial charge < -0.3 is 18.9 Å². The standard InChI is InChI=1S/C29H26O8/c1-7-21(20-13-15-23(35-27(31)9-3)25(17-20)37-29(33)11-5)18(6)19-12-14-22(34-26(30)8-2)24(16-19)36-28(32)10-4/h8-17H,2-5,7H2,1,6H3. The number of carbonyl (C=O) groups is 4. The fraction of sp³-hybridized carbons (Fsp3) is 0.103. The molecule has 2 aromatic carbocycles. The van der Waals surface area contributed by atoms with Gasteiger partial charge in [0.1, 0.15) is 0 Å². The molecule has 0 saturated carbocycles. The fourth-order valence-electron chi connectivity index (χ4n) is 3.23. The normalized spacial score (nSPS) is 10.8. The molecule has 0 unspecified atom stereocenters. The van der Waals surface area contributed by atoms with Gasteiger partial charge in [-0.15, -0.1) is 0 Å². The van der Waals surface area contributed by atoms with Gasteiger partial charge in [-0.1, -0.05) is 45.4 Å². The van der Waals surface area contributed by atoms with E-state index in [1.54, 1.807) is 24.3 Å². The van der Waals surface area contributed by atoms with Crippen molar-refractivity contribution in [3.63, 3.8) is 0 Å². The lowest BCUT2D eigenvalue weighted by molar-refractivity contribution is -0.131. The Morgan fingerprint density at radius 2 is 0.973 bits per heavy atom. The largest absolute Gasteiger partial charge is 0.419 e. The molecule has 0 aromatic heterocycles. The van der Waals surface area contributed by atoms with Crippen LogP contribution in [0.5, 0.6) is 23.0 Å². The Balaban J connectivity index is 2.63. The first kappa shape index (κ1) is 28.3. The average molecular weight is 503 g/mol. The number of ether oxygens (including phenoxy) is 4. The minimum absolute atomic E-state index is 0.0136. The maximum absolute atomic E-state index is 11.9. The molecule has 0 fully saturated rings. The first-order valence-electron chi connectivity index (χ1n) is 11.0. The fourth-order valence-corrected chi connectivity index (χ4v) is 3.23. The summed E-state index contributed by atoms with van der Waals surface area (Å²) >= 11 is 0. The number of hydrogen-bond donors (Lipinski definition) is 0. The number of allylic oxidation sites excluding steroid dienone is 2. The van der Waals surface area contributed by atoms with Crippen LogP contribution >= 0.6 is 0 Å². The third-order valence-electron chi connectivity index (χ3n) is 4.98. The minimum atomic E-state index is -0.733. The van der Waals surface area contributed by atoms with Crippen molar-refractivity contribution >= 4 is 35.0 Å². The van der Waals surface area contributed by atoms with Crippen LogP contribution in [0.15, 0.2) is 87.0 Å². The van der Waals surface area contributed by atoms with Gasteiger partial charge in [0, 0.05) is 24.3 Å². The topological polar surface area (TPSA) is 105 Å². The third-order valence-corrected chi connectivity index (χ3v) is 4.98. The Hall–Kier alpha value is -4.98. The molecule has 0 aliphatic heterocycles. The molecule has 8 heteroatoms. The Kier molecular flexibility index (Phi) is 10.1. The molecule has 0 N–H and O–H groups in total. The molecule has 8 nitrogen and oxygen atoms in total. The molecule has 0 radical (unpaired) electrons. The molecule has 2 aromatic rings. The first-order valence-corrected chi connectivity index (χ1v) is 11.0. The van der Waals surface area contributed by atoms with Gasteiger partial charge in [0.05, 0.1) is 0 Å². The van der Waals surface area contributed by atoms with Gasteiger partial charge in [0.25, 0.3) is 0 Å². The van der Waals surface area contributed by atoms with E-state index in [4.69, 9.17) is 18.9 Å². The van der Waals surface area contributed by atoms with Gasteiger partial charge in [-0.25, -0.2) is 19.2 Å². The van der Waals surface area contributed by atoms with E-state index in [0.717, 1.165) is 35.5 Å². The first-order chi connectivity index (χ1) is 17.7. The van der Waals surface area contributed by atoms with E-state index in [1.165, 1.54) is 12.1 Å². The van der Waals surface area contributed by atoms with Crippen LogP contribution < -0.4 is 18.9 Å². The van der Waals surface area contributed by atoms with E-state index in [9.17, 15) is 19.2 Å². The van der Waals surface area contributed by atoms with E-state index in [-0.39, 0.29) is 23.0 Å². The number of rotatable bonds is 11. The van der Waals surface area contributed by atoms with Crippen molar-refractivity contribution in [2.24, 2.45) is 0 Å². The predicted molar refractivity (Wildman–Crippen MR) is 139 cm³/mol. The zero-order valence-electron chi connectivity index (χ0n) is 20.6. The highest BCUT2D eigenvalue weighted by Crippen LogP contribution is 2.38. The lowest BCUT2D eigenvalue weighted by Crippen LogP contribution is -2.09. The van der Waals surface area contributed by atoms with Crippen LogP contribution in [0.2, 0.25) is 0 Å². The minimum Gasteiger partial charge on any atom is -0.419 e. The molecule has 37 heavy (non-hydrogen) atoms. The molecule has 0 saturated heterocycles. The Labute approximate surface area is 214 Å². The quantitative estimate of drug-likeness (QED) is 0.174. The molecule has 0 aliphatic carbocycles. The smallest absolute Gasteiger partial charge is 0.335 e. The molecule has 190 valence electrons. The number of esters is 4. The molecule has 2 rings (SSSR count). The summed E-state index contributed by atoms with van der Waals surface area (Å²) in [5.41, 5.74) is 2.97. The van der Waals surface area contributed by atoms with Crippen molar-refractivity contribution in [2.45, 2.75) is 20.3 Å². The Morgan fingerprint density at radius 1 is 0.622 bits per heavy atom. The van der Waals surface area contributed by atoms with Gasteiger partial charge in [0.15, 0.2) is 23.0 Å². The van der Waals surface area contributed by atoms with Crippen molar-refractivity contribution in [1.82, 2.24) is 0 Å². The maximum Gasteiger partial charge on any atom is 0.335 e. The molecular weight excluding hydrogens is 476 g/mol. The summed E-state index contributed by atoms with van der Waals surface area (Å²) < 4.78 is 20.9. The summed E-state index contributed by atoms with van der Waals surface area (Å²) in [6, 6.07) is 9.51. The number of hydrogen-bond acceptors (Lipinski definition) is 8. The molecule has 0 bridgehead atoms. The second kappa shape index (κ2) is 13.2. The van der Waals surface area contributed by atoms with Gasteiger partial charge in [-0.2, -0.15) is 0 Å². The van der Waals surface area contributed by atoms with E-state index < -0.39 is 23.9 Å². The van der Waals surface area contributed by atoms with Gasteiger partial charge in [-0.3, -0.25) is 0 Å².